The van der Waals surface area contributed by atoms with Crippen LogP contribution in [0.4, 0.5) is 23.1 Å². The number of pyridine rings is 2. The summed E-state index contributed by atoms with van der Waals surface area (Å²) in [5, 5.41) is 15.6. The highest BCUT2D eigenvalue weighted by atomic mass is 16.6. The monoisotopic (exact) mass is 569 g/mol. The summed E-state index contributed by atoms with van der Waals surface area (Å²) in [6.45, 7) is 6.30. The van der Waals surface area contributed by atoms with Crippen LogP contribution >= 0.6 is 0 Å². The van der Waals surface area contributed by atoms with Gasteiger partial charge in [-0.25, -0.2) is 9.97 Å². The molecule has 5 N–H and O–H groups in total. The van der Waals surface area contributed by atoms with Crippen molar-refractivity contribution in [3.63, 3.8) is 0 Å². The molecular weight excluding hydrogens is 530 g/mol. The molecule has 2 aromatic heterocycles. The molecule has 0 amide bonds. The number of nitriles is 1. The van der Waals surface area contributed by atoms with Crippen LogP contribution < -0.4 is 26.6 Å². The van der Waals surface area contributed by atoms with E-state index in [2.05, 4.69) is 37.9 Å². The fraction of sp³-hybridized carbons (Fsp3) is 0.556. The zero-order valence-electron chi connectivity index (χ0n) is 23.4. The average Bonchev–Trinajstić information content (AvgIpc) is 2.99. The van der Waals surface area contributed by atoms with Gasteiger partial charge in [0.25, 0.3) is 0 Å². The van der Waals surface area contributed by atoms with Crippen molar-refractivity contribution in [3.05, 3.63) is 30.0 Å². The number of esters is 1. The van der Waals surface area contributed by atoms with Crippen molar-refractivity contribution in [1.82, 2.24) is 19.8 Å². The first-order chi connectivity index (χ1) is 20.0. The van der Waals surface area contributed by atoms with Gasteiger partial charge in [-0.3, -0.25) is 15.5 Å². The minimum atomic E-state index is -0.240. The predicted octanol–water partition coefficient (Wildman–Crippen LogP) is 1.15. The van der Waals surface area contributed by atoms with E-state index in [9.17, 15) is 4.79 Å². The molecule has 0 aromatic carbocycles. The van der Waals surface area contributed by atoms with Crippen molar-refractivity contribution in [2.24, 2.45) is 5.84 Å². The number of likely N-dealkylation sites (N-methyl/N-ethyl adjacent to an activating group) is 1. The van der Waals surface area contributed by atoms with E-state index < -0.39 is 0 Å². The lowest BCUT2D eigenvalue weighted by molar-refractivity contribution is -0.147. The third-order valence-corrected chi connectivity index (χ3v) is 6.77. The number of carbonyl (C=O) groups is 1. The van der Waals surface area contributed by atoms with Gasteiger partial charge < -0.3 is 39.9 Å². The van der Waals surface area contributed by atoms with Crippen LogP contribution in [-0.2, 0) is 19.0 Å². The number of rotatable bonds is 14. The SMILES string of the molecule is CN1CCN(CC(=O)OCCOCCOc2cc(NN)c(Nc3ccc(C#N)cn3)nc2NC2CCOCC2)CC1. The van der Waals surface area contributed by atoms with Gasteiger partial charge in [-0.1, -0.05) is 0 Å². The lowest BCUT2D eigenvalue weighted by Gasteiger charge is -2.31. The van der Waals surface area contributed by atoms with Crippen LogP contribution in [0, 0.1) is 11.3 Å². The maximum absolute atomic E-state index is 12.1. The Balaban J connectivity index is 1.28. The Hall–Kier alpha value is -3.74. The highest BCUT2D eigenvalue weighted by Gasteiger charge is 2.20. The van der Waals surface area contributed by atoms with Gasteiger partial charge >= 0.3 is 5.97 Å². The van der Waals surface area contributed by atoms with Crippen molar-refractivity contribution in [2.75, 3.05) is 95.5 Å². The fourth-order valence-electron chi connectivity index (χ4n) is 4.37. The first-order valence-electron chi connectivity index (χ1n) is 13.8. The number of nitrogens with two attached hydrogens (primary N) is 1. The smallest absolute Gasteiger partial charge is 0.320 e. The minimum Gasteiger partial charge on any atom is -0.487 e. The minimum absolute atomic E-state index is 0.174. The number of nitrogens with one attached hydrogen (secondary N) is 3. The Morgan fingerprint density at radius 3 is 2.63 bits per heavy atom. The van der Waals surface area contributed by atoms with Gasteiger partial charge in [0.1, 0.15) is 25.1 Å². The summed E-state index contributed by atoms with van der Waals surface area (Å²) >= 11 is 0. The third-order valence-electron chi connectivity index (χ3n) is 6.77. The number of aromatic nitrogens is 2. The van der Waals surface area contributed by atoms with Gasteiger partial charge in [0.15, 0.2) is 17.4 Å². The molecule has 2 aliphatic heterocycles. The number of ether oxygens (including phenoxy) is 4. The van der Waals surface area contributed by atoms with Gasteiger partial charge in [-0.05, 0) is 32.0 Å². The first kappa shape index (κ1) is 30.2. The highest BCUT2D eigenvalue weighted by Crippen LogP contribution is 2.33. The molecule has 222 valence electrons. The number of hydrogen-bond donors (Lipinski definition) is 4. The van der Waals surface area contributed by atoms with Gasteiger partial charge in [-0.2, -0.15) is 5.26 Å². The largest absolute Gasteiger partial charge is 0.487 e. The van der Waals surface area contributed by atoms with Crippen molar-refractivity contribution >= 4 is 29.1 Å². The van der Waals surface area contributed by atoms with Gasteiger partial charge in [0.2, 0.25) is 0 Å². The van der Waals surface area contributed by atoms with Crippen molar-refractivity contribution in [1.29, 1.82) is 5.26 Å². The molecule has 4 rings (SSSR count). The van der Waals surface area contributed by atoms with Crippen molar-refractivity contribution in [2.45, 2.75) is 18.9 Å². The Morgan fingerprint density at radius 1 is 1.15 bits per heavy atom. The van der Waals surface area contributed by atoms with Crippen LogP contribution in [0.1, 0.15) is 18.4 Å². The summed E-state index contributed by atoms with van der Waals surface area (Å²) in [7, 11) is 2.08. The van der Waals surface area contributed by atoms with Crippen LogP contribution in [0.25, 0.3) is 0 Å². The van der Waals surface area contributed by atoms with Crippen LogP contribution in [0.15, 0.2) is 24.4 Å². The molecular formula is C27H39N9O5. The summed E-state index contributed by atoms with van der Waals surface area (Å²) in [4.78, 5) is 25.4. The molecule has 0 spiro atoms. The van der Waals surface area contributed by atoms with Crippen LogP contribution in [-0.4, -0.2) is 111 Å². The molecule has 2 aromatic rings. The maximum Gasteiger partial charge on any atom is 0.320 e. The Kier molecular flexibility index (Phi) is 11.7. The molecule has 41 heavy (non-hydrogen) atoms. The van der Waals surface area contributed by atoms with Crippen LogP contribution in [0.5, 0.6) is 5.75 Å². The predicted molar refractivity (Wildman–Crippen MR) is 153 cm³/mol. The number of piperazine rings is 1. The van der Waals surface area contributed by atoms with E-state index in [1.165, 1.54) is 6.20 Å². The van der Waals surface area contributed by atoms with E-state index in [-0.39, 0.29) is 31.8 Å². The van der Waals surface area contributed by atoms with Crippen LogP contribution in [0.3, 0.4) is 0 Å². The molecule has 2 fully saturated rings. The number of nitrogens with zero attached hydrogens (tertiary/aromatic N) is 5. The second-order valence-electron chi connectivity index (χ2n) is 9.84. The topological polar surface area (TPSA) is 172 Å². The number of hydrogen-bond acceptors (Lipinski definition) is 14. The quantitative estimate of drug-likeness (QED) is 0.110. The van der Waals surface area contributed by atoms with E-state index in [0.29, 0.717) is 60.8 Å². The molecule has 0 atom stereocenters. The normalized spacial score (nSPS) is 16.5. The molecule has 0 unspecified atom stereocenters. The van der Waals surface area contributed by atoms with Crippen molar-refractivity contribution < 1.29 is 23.7 Å². The standard InChI is InChI=1S/C27H39N9O5/c1-35-6-8-36(9-7-35)19-25(37)41-15-13-39-12-14-40-23-16-22(34-29)26(32-24-3-2-20(17-28)18-30-24)33-27(23)31-21-4-10-38-11-5-21/h2-3,16,18,21,34H,4-15,19,29H2,1H3,(H2,30,31,32,33). The average molecular weight is 570 g/mol. The lowest BCUT2D eigenvalue weighted by Crippen LogP contribution is -2.46. The highest BCUT2D eigenvalue weighted by molar-refractivity contribution is 5.75. The maximum atomic E-state index is 12.1. The molecule has 0 aliphatic carbocycles. The third kappa shape index (κ3) is 9.69. The van der Waals surface area contributed by atoms with E-state index in [4.69, 9.17) is 35.0 Å². The molecule has 0 saturated carbocycles. The molecule has 4 heterocycles. The second kappa shape index (κ2) is 15.9. The Morgan fingerprint density at radius 2 is 1.93 bits per heavy atom. The zero-order valence-corrected chi connectivity index (χ0v) is 23.4. The second-order valence-corrected chi connectivity index (χ2v) is 9.84. The van der Waals surface area contributed by atoms with Crippen LogP contribution in [0.2, 0.25) is 0 Å². The van der Waals surface area contributed by atoms with Gasteiger partial charge in [0.05, 0.1) is 31.0 Å². The number of hydrazine groups is 1. The summed E-state index contributed by atoms with van der Waals surface area (Å²) in [6.07, 6.45) is 3.16. The molecule has 0 radical (unpaired) electrons. The molecule has 2 aliphatic rings. The summed E-state index contributed by atoms with van der Waals surface area (Å²) < 4.78 is 22.4. The molecule has 14 heteroatoms. The van der Waals surface area contributed by atoms with Gasteiger partial charge in [0, 0.05) is 57.7 Å². The number of nitrogen functional groups attached to an aromatic ring is 1. The summed E-state index contributed by atoms with van der Waals surface area (Å²) in [5.74, 6) is 7.56. The van der Waals surface area contributed by atoms with Crippen molar-refractivity contribution in [3.8, 4) is 11.8 Å². The van der Waals surface area contributed by atoms with E-state index in [0.717, 1.165) is 39.0 Å². The van der Waals surface area contributed by atoms with E-state index in [1.807, 2.05) is 6.07 Å². The summed E-state index contributed by atoms with van der Waals surface area (Å²) in [6, 6.07) is 7.33. The summed E-state index contributed by atoms with van der Waals surface area (Å²) in [5.41, 5.74) is 3.60. The van der Waals surface area contributed by atoms with E-state index in [1.54, 1.807) is 18.2 Å². The molecule has 2 saturated heterocycles. The lowest BCUT2D eigenvalue weighted by atomic mass is 10.1. The molecule has 0 bridgehead atoms. The Labute approximate surface area is 240 Å². The zero-order chi connectivity index (χ0) is 28.9. The number of anilines is 4. The first-order valence-corrected chi connectivity index (χ1v) is 13.8. The molecule has 14 nitrogen and oxygen atoms in total. The number of carbonyl (C=O) groups excluding carboxylic acids is 1. The Bertz CT molecular complexity index is 1150. The van der Waals surface area contributed by atoms with Gasteiger partial charge in [-0.15, -0.1) is 0 Å². The fourth-order valence-corrected chi connectivity index (χ4v) is 4.37. The van der Waals surface area contributed by atoms with E-state index >= 15 is 0 Å².